The van der Waals surface area contributed by atoms with Gasteiger partial charge in [0.15, 0.2) is 0 Å². The van der Waals surface area contributed by atoms with E-state index >= 15 is 0 Å². The predicted octanol–water partition coefficient (Wildman–Crippen LogP) is 9.49. The third-order valence-electron chi connectivity index (χ3n) is 8.16. The molecule has 1 nitrogen and oxygen atoms in total. The molecule has 6 aromatic carbocycles. The lowest BCUT2D eigenvalue weighted by atomic mass is 9.65. The summed E-state index contributed by atoms with van der Waals surface area (Å²) in [5.74, 6) is 1.83. The van der Waals surface area contributed by atoms with Crippen LogP contribution in [-0.2, 0) is 5.41 Å². The smallest absolute Gasteiger partial charge is 0.132 e. The summed E-state index contributed by atoms with van der Waals surface area (Å²) in [7, 11) is 0. The standard InChI is InChI=1S/C37H24O/c1-3-11-25(12-4-1)27-19-21-33-35(23-27)38-36-24-28(26-13-5-2-6-14-26)20-22-34(36)37(33)31-17-9-7-15-29(31)30-16-8-10-18-32(30)37/h1-24H. The van der Waals surface area contributed by atoms with Crippen molar-refractivity contribution in [1.82, 2.24) is 0 Å². The molecule has 1 aliphatic carbocycles. The first-order valence-electron chi connectivity index (χ1n) is 13.1. The molecule has 0 bridgehead atoms. The van der Waals surface area contributed by atoms with Gasteiger partial charge in [0.25, 0.3) is 0 Å². The predicted molar refractivity (Wildman–Crippen MR) is 155 cm³/mol. The first-order valence-corrected chi connectivity index (χ1v) is 13.1. The third-order valence-corrected chi connectivity index (χ3v) is 8.16. The van der Waals surface area contributed by atoms with E-state index in [0.717, 1.165) is 22.6 Å². The summed E-state index contributed by atoms with van der Waals surface area (Å²) in [5, 5.41) is 0. The van der Waals surface area contributed by atoms with Crippen molar-refractivity contribution in [1.29, 1.82) is 0 Å². The fraction of sp³-hybridized carbons (Fsp3) is 0.0270. The van der Waals surface area contributed by atoms with E-state index in [4.69, 9.17) is 4.74 Å². The van der Waals surface area contributed by atoms with Crippen LogP contribution in [0.5, 0.6) is 11.5 Å². The van der Waals surface area contributed by atoms with E-state index in [2.05, 4.69) is 146 Å². The van der Waals surface area contributed by atoms with Gasteiger partial charge < -0.3 is 4.74 Å². The van der Waals surface area contributed by atoms with Gasteiger partial charge in [0.1, 0.15) is 11.5 Å². The zero-order chi connectivity index (χ0) is 25.1. The SMILES string of the molecule is c1ccc(-c2ccc3c(c2)Oc2cc(-c4ccccc4)ccc2C32c3ccccc3-c3ccccc32)cc1. The lowest BCUT2D eigenvalue weighted by molar-refractivity contribution is 0.437. The van der Waals surface area contributed by atoms with E-state index in [1.807, 2.05) is 0 Å². The molecule has 0 amide bonds. The number of fused-ring (bicyclic) bond motifs is 9. The van der Waals surface area contributed by atoms with Crippen LogP contribution in [-0.4, -0.2) is 0 Å². The fourth-order valence-corrected chi connectivity index (χ4v) is 6.53. The van der Waals surface area contributed by atoms with Crippen molar-refractivity contribution in [3.63, 3.8) is 0 Å². The Bertz CT molecular complexity index is 1700. The molecule has 0 radical (unpaired) electrons. The molecular weight excluding hydrogens is 460 g/mol. The second kappa shape index (κ2) is 8.06. The van der Waals surface area contributed by atoms with Crippen LogP contribution >= 0.6 is 0 Å². The first-order chi connectivity index (χ1) is 18.8. The van der Waals surface area contributed by atoms with Gasteiger partial charge in [0.2, 0.25) is 0 Å². The molecular formula is C37H24O. The van der Waals surface area contributed by atoms with E-state index in [0.29, 0.717) is 0 Å². The summed E-state index contributed by atoms with van der Waals surface area (Å²) < 4.78 is 6.82. The Labute approximate surface area is 222 Å². The van der Waals surface area contributed by atoms with Crippen LogP contribution in [0.4, 0.5) is 0 Å². The van der Waals surface area contributed by atoms with Crippen molar-refractivity contribution >= 4 is 0 Å². The molecule has 0 aromatic heterocycles. The Morgan fingerprint density at radius 1 is 0.342 bits per heavy atom. The number of ether oxygens (including phenoxy) is 1. The Morgan fingerprint density at radius 2 is 0.763 bits per heavy atom. The minimum Gasteiger partial charge on any atom is -0.457 e. The molecule has 0 unspecified atom stereocenters. The molecule has 2 aliphatic rings. The van der Waals surface area contributed by atoms with Crippen molar-refractivity contribution in [2.24, 2.45) is 0 Å². The molecule has 178 valence electrons. The average Bonchev–Trinajstić information content (AvgIpc) is 3.29. The summed E-state index contributed by atoms with van der Waals surface area (Å²) in [5.41, 5.74) is 11.8. The molecule has 6 aromatic rings. The van der Waals surface area contributed by atoms with Crippen molar-refractivity contribution in [2.75, 3.05) is 0 Å². The molecule has 0 saturated carbocycles. The molecule has 1 heteroatoms. The van der Waals surface area contributed by atoms with Gasteiger partial charge in [0.05, 0.1) is 5.41 Å². The van der Waals surface area contributed by atoms with E-state index in [1.165, 1.54) is 44.5 Å². The summed E-state index contributed by atoms with van der Waals surface area (Å²) in [6.07, 6.45) is 0. The number of hydrogen-bond donors (Lipinski definition) is 0. The molecule has 38 heavy (non-hydrogen) atoms. The highest BCUT2D eigenvalue weighted by Gasteiger charge is 2.51. The second-order valence-electron chi connectivity index (χ2n) is 10.1. The minimum atomic E-state index is -0.444. The van der Waals surface area contributed by atoms with E-state index in [1.54, 1.807) is 0 Å². The van der Waals surface area contributed by atoms with Crippen LogP contribution < -0.4 is 4.74 Å². The highest BCUT2D eigenvalue weighted by Crippen LogP contribution is 2.62. The minimum absolute atomic E-state index is 0.444. The van der Waals surface area contributed by atoms with Gasteiger partial charge in [-0.25, -0.2) is 0 Å². The van der Waals surface area contributed by atoms with E-state index in [-0.39, 0.29) is 0 Å². The quantitative estimate of drug-likeness (QED) is 0.237. The number of rotatable bonds is 2. The van der Waals surface area contributed by atoms with Crippen molar-refractivity contribution < 1.29 is 4.74 Å². The average molecular weight is 485 g/mol. The van der Waals surface area contributed by atoms with Gasteiger partial charge >= 0.3 is 0 Å². The van der Waals surface area contributed by atoms with Crippen LogP contribution in [0, 0.1) is 0 Å². The number of benzene rings is 6. The van der Waals surface area contributed by atoms with Crippen LogP contribution in [0.25, 0.3) is 33.4 Å². The van der Waals surface area contributed by atoms with E-state index < -0.39 is 5.41 Å². The van der Waals surface area contributed by atoms with Gasteiger partial charge in [-0.15, -0.1) is 0 Å². The topological polar surface area (TPSA) is 9.23 Å². The van der Waals surface area contributed by atoms with Crippen molar-refractivity contribution in [2.45, 2.75) is 5.41 Å². The Hall–Kier alpha value is -4.88. The summed E-state index contributed by atoms with van der Waals surface area (Å²) in [6.45, 7) is 0. The lowest BCUT2D eigenvalue weighted by Gasteiger charge is -2.39. The van der Waals surface area contributed by atoms with Crippen molar-refractivity contribution in [3.05, 3.63) is 168 Å². The maximum atomic E-state index is 6.82. The second-order valence-corrected chi connectivity index (χ2v) is 10.1. The fourth-order valence-electron chi connectivity index (χ4n) is 6.53. The van der Waals surface area contributed by atoms with Crippen molar-refractivity contribution in [3.8, 4) is 44.9 Å². The van der Waals surface area contributed by atoms with Gasteiger partial charge in [-0.3, -0.25) is 0 Å². The first kappa shape index (κ1) is 21.2. The molecule has 0 fully saturated rings. The normalized spacial score (nSPS) is 13.7. The molecule has 1 spiro atoms. The van der Waals surface area contributed by atoms with Crippen LogP contribution in [0.15, 0.2) is 146 Å². The zero-order valence-electron chi connectivity index (χ0n) is 20.8. The third kappa shape index (κ3) is 2.87. The van der Waals surface area contributed by atoms with Gasteiger partial charge in [-0.2, -0.15) is 0 Å². The highest BCUT2D eigenvalue weighted by atomic mass is 16.5. The Kier molecular flexibility index (Phi) is 4.50. The van der Waals surface area contributed by atoms with Gasteiger partial charge in [-0.05, 0) is 56.6 Å². The Morgan fingerprint density at radius 3 is 1.24 bits per heavy atom. The summed E-state index contributed by atoms with van der Waals surface area (Å²) >= 11 is 0. The highest BCUT2D eigenvalue weighted by molar-refractivity contribution is 5.89. The molecule has 8 rings (SSSR count). The molecule has 1 heterocycles. The lowest BCUT2D eigenvalue weighted by Crippen LogP contribution is -2.32. The number of hydrogen-bond acceptors (Lipinski definition) is 1. The van der Waals surface area contributed by atoms with E-state index in [9.17, 15) is 0 Å². The Balaban J connectivity index is 1.45. The maximum absolute atomic E-state index is 6.82. The molecule has 1 aliphatic heterocycles. The summed E-state index contributed by atoms with van der Waals surface area (Å²) in [4.78, 5) is 0. The zero-order valence-corrected chi connectivity index (χ0v) is 20.8. The maximum Gasteiger partial charge on any atom is 0.132 e. The monoisotopic (exact) mass is 484 g/mol. The summed E-state index contributed by atoms with van der Waals surface area (Å²) in [6, 6.07) is 52.3. The molecule has 0 atom stereocenters. The van der Waals surface area contributed by atoms with Crippen LogP contribution in [0.1, 0.15) is 22.3 Å². The molecule has 0 N–H and O–H groups in total. The van der Waals surface area contributed by atoms with Gasteiger partial charge in [-0.1, -0.05) is 133 Å². The van der Waals surface area contributed by atoms with Crippen LogP contribution in [0.2, 0.25) is 0 Å². The van der Waals surface area contributed by atoms with Gasteiger partial charge in [0, 0.05) is 11.1 Å². The van der Waals surface area contributed by atoms with Crippen LogP contribution in [0.3, 0.4) is 0 Å². The molecule has 0 saturated heterocycles. The largest absolute Gasteiger partial charge is 0.457 e.